The lowest BCUT2D eigenvalue weighted by atomic mass is 10.1. The van der Waals surface area contributed by atoms with Crippen molar-refractivity contribution in [3.8, 4) is 11.3 Å². The van der Waals surface area contributed by atoms with Gasteiger partial charge in [0.25, 0.3) is 0 Å². The molecule has 1 heterocycles. The van der Waals surface area contributed by atoms with E-state index in [2.05, 4.69) is 25.9 Å². The van der Waals surface area contributed by atoms with Crippen LogP contribution in [0.3, 0.4) is 0 Å². The Morgan fingerprint density at radius 2 is 2.06 bits per heavy atom. The number of halogens is 3. The van der Waals surface area contributed by atoms with Gasteiger partial charge < -0.3 is 0 Å². The summed E-state index contributed by atoms with van der Waals surface area (Å²) in [5, 5.41) is 0.373. The van der Waals surface area contributed by atoms with E-state index in [1.807, 2.05) is 6.92 Å². The summed E-state index contributed by atoms with van der Waals surface area (Å²) in [6.45, 7) is 2.05. The summed E-state index contributed by atoms with van der Waals surface area (Å²) in [6, 6.07) is 6.26. The molecule has 0 radical (unpaired) electrons. The minimum atomic E-state index is -0.379. The summed E-state index contributed by atoms with van der Waals surface area (Å²) in [6.07, 6.45) is 1.71. The highest BCUT2D eigenvalue weighted by molar-refractivity contribution is 9.10. The van der Waals surface area contributed by atoms with Crippen molar-refractivity contribution in [1.82, 2.24) is 9.97 Å². The Balaban J connectivity index is 2.49. The van der Waals surface area contributed by atoms with Crippen molar-refractivity contribution in [2.24, 2.45) is 0 Å². The largest absolute Gasteiger partial charge is 0.233 e. The maximum atomic E-state index is 13.8. The van der Waals surface area contributed by atoms with E-state index < -0.39 is 0 Å². The molecule has 94 valence electrons. The standard InChI is InChI=1S/C13H11BrClFN2/c1-2-3-13-17-11(7-12(14)18-13)9-5-4-8(15)6-10(9)16/h4-7H,2-3H2,1H3. The fourth-order valence-electron chi connectivity index (χ4n) is 1.64. The predicted octanol–water partition coefficient (Wildman–Crippen LogP) is 4.65. The second kappa shape index (κ2) is 5.76. The molecule has 2 aromatic rings. The third kappa shape index (κ3) is 3.06. The first-order chi connectivity index (χ1) is 8.60. The SMILES string of the molecule is CCCc1nc(Br)cc(-c2ccc(Cl)cc2F)n1. The molecule has 0 fully saturated rings. The van der Waals surface area contributed by atoms with Crippen LogP contribution in [0.1, 0.15) is 19.2 Å². The predicted molar refractivity (Wildman–Crippen MR) is 74.1 cm³/mol. The van der Waals surface area contributed by atoms with Crippen molar-refractivity contribution in [1.29, 1.82) is 0 Å². The molecule has 1 aromatic heterocycles. The lowest BCUT2D eigenvalue weighted by Gasteiger charge is -2.06. The second-order valence-electron chi connectivity index (χ2n) is 3.87. The fourth-order valence-corrected chi connectivity index (χ4v) is 2.22. The highest BCUT2D eigenvalue weighted by atomic mass is 79.9. The van der Waals surface area contributed by atoms with Gasteiger partial charge >= 0.3 is 0 Å². The number of hydrogen-bond donors (Lipinski definition) is 0. The molecule has 0 spiro atoms. The average molecular weight is 330 g/mol. The maximum absolute atomic E-state index is 13.8. The summed E-state index contributed by atoms with van der Waals surface area (Å²) >= 11 is 9.05. The van der Waals surface area contributed by atoms with Gasteiger partial charge in [0.2, 0.25) is 0 Å². The molecule has 0 aliphatic carbocycles. The molecule has 0 saturated carbocycles. The molecule has 0 bridgehead atoms. The molecule has 0 aliphatic rings. The number of hydrogen-bond acceptors (Lipinski definition) is 2. The molecule has 0 aliphatic heterocycles. The van der Waals surface area contributed by atoms with Crippen LogP contribution in [0.5, 0.6) is 0 Å². The number of benzene rings is 1. The van der Waals surface area contributed by atoms with Gasteiger partial charge in [-0.3, -0.25) is 0 Å². The third-order valence-corrected chi connectivity index (χ3v) is 3.06. The van der Waals surface area contributed by atoms with Crippen molar-refractivity contribution in [2.45, 2.75) is 19.8 Å². The first kappa shape index (κ1) is 13.4. The summed E-state index contributed by atoms with van der Waals surface area (Å²) in [5.41, 5.74) is 0.995. The highest BCUT2D eigenvalue weighted by Crippen LogP contribution is 2.25. The second-order valence-corrected chi connectivity index (χ2v) is 5.12. The molecule has 2 rings (SSSR count). The van der Waals surface area contributed by atoms with Gasteiger partial charge in [0.1, 0.15) is 16.2 Å². The molecule has 1 aromatic carbocycles. The van der Waals surface area contributed by atoms with E-state index in [0.717, 1.165) is 12.8 Å². The van der Waals surface area contributed by atoms with Gasteiger partial charge in [-0.1, -0.05) is 18.5 Å². The molecule has 0 atom stereocenters. The van der Waals surface area contributed by atoms with Crippen LogP contribution in [-0.4, -0.2) is 9.97 Å². The van der Waals surface area contributed by atoms with Gasteiger partial charge in [0.05, 0.1) is 5.69 Å². The highest BCUT2D eigenvalue weighted by Gasteiger charge is 2.10. The summed E-state index contributed by atoms with van der Waals surface area (Å²) in [7, 11) is 0. The summed E-state index contributed by atoms with van der Waals surface area (Å²) in [4.78, 5) is 8.61. The van der Waals surface area contributed by atoms with E-state index >= 15 is 0 Å². The molecule has 5 heteroatoms. The van der Waals surface area contributed by atoms with E-state index in [1.54, 1.807) is 18.2 Å². The van der Waals surface area contributed by atoms with Crippen LogP contribution in [0, 0.1) is 5.82 Å². The lowest BCUT2D eigenvalue weighted by Crippen LogP contribution is -1.98. The number of rotatable bonds is 3. The van der Waals surface area contributed by atoms with Crippen LogP contribution < -0.4 is 0 Å². The van der Waals surface area contributed by atoms with Crippen LogP contribution in [-0.2, 0) is 6.42 Å². The topological polar surface area (TPSA) is 25.8 Å². The quantitative estimate of drug-likeness (QED) is 0.766. The zero-order valence-corrected chi connectivity index (χ0v) is 12.1. The van der Waals surface area contributed by atoms with E-state index in [1.165, 1.54) is 6.07 Å². The van der Waals surface area contributed by atoms with Crippen molar-refractivity contribution in [3.63, 3.8) is 0 Å². The Kier molecular flexibility index (Phi) is 4.30. The van der Waals surface area contributed by atoms with Gasteiger partial charge in [-0.25, -0.2) is 14.4 Å². The third-order valence-electron chi connectivity index (χ3n) is 2.42. The molecular weight excluding hydrogens is 319 g/mol. The van der Waals surface area contributed by atoms with Crippen LogP contribution in [0.25, 0.3) is 11.3 Å². The number of nitrogens with zero attached hydrogens (tertiary/aromatic N) is 2. The number of aryl methyl sites for hydroxylation is 1. The molecule has 2 nitrogen and oxygen atoms in total. The van der Waals surface area contributed by atoms with Gasteiger partial charge in [0.15, 0.2) is 0 Å². The molecule has 0 amide bonds. The number of aromatic nitrogens is 2. The van der Waals surface area contributed by atoms with E-state index in [-0.39, 0.29) is 5.82 Å². The van der Waals surface area contributed by atoms with Crippen molar-refractivity contribution < 1.29 is 4.39 Å². The van der Waals surface area contributed by atoms with Gasteiger partial charge in [-0.2, -0.15) is 0 Å². The van der Waals surface area contributed by atoms with Crippen LogP contribution in [0.4, 0.5) is 4.39 Å². The van der Waals surface area contributed by atoms with E-state index in [4.69, 9.17) is 11.6 Å². The Bertz CT molecular complexity index is 575. The molecule has 0 saturated heterocycles. The smallest absolute Gasteiger partial charge is 0.134 e. The van der Waals surface area contributed by atoms with Crippen molar-refractivity contribution >= 4 is 27.5 Å². The lowest BCUT2D eigenvalue weighted by molar-refractivity contribution is 0.630. The molecule has 0 unspecified atom stereocenters. The van der Waals surface area contributed by atoms with Crippen LogP contribution in [0.2, 0.25) is 5.02 Å². The van der Waals surface area contributed by atoms with Gasteiger partial charge in [-0.15, -0.1) is 0 Å². The van der Waals surface area contributed by atoms with E-state index in [9.17, 15) is 4.39 Å². The molecular formula is C13H11BrClFN2. The van der Waals surface area contributed by atoms with Crippen LogP contribution in [0.15, 0.2) is 28.9 Å². The summed E-state index contributed by atoms with van der Waals surface area (Å²) < 4.78 is 14.5. The Morgan fingerprint density at radius 1 is 1.28 bits per heavy atom. The van der Waals surface area contributed by atoms with Crippen LogP contribution >= 0.6 is 27.5 Å². The van der Waals surface area contributed by atoms with Crippen molar-refractivity contribution in [3.05, 3.63) is 45.5 Å². The van der Waals surface area contributed by atoms with E-state index in [0.29, 0.717) is 26.7 Å². The van der Waals surface area contributed by atoms with Crippen molar-refractivity contribution in [2.75, 3.05) is 0 Å². The maximum Gasteiger partial charge on any atom is 0.134 e. The normalized spacial score (nSPS) is 10.7. The zero-order chi connectivity index (χ0) is 13.1. The summed E-state index contributed by atoms with van der Waals surface area (Å²) in [5.74, 6) is 0.326. The Hall–Kier alpha value is -1.00. The average Bonchev–Trinajstić information content (AvgIpc) is 2.28. The monoisotopic (exact) mass is 328 g/mol. The zero-order valence-electron chi connectivity index (χ0n) is 9.75. The molecule has 18 heavy (non-hydrogen) atoms. The van der Waals surface area contributed by atoms with Gasteiger partial charge in [-0.05, 0) is 46.6 Å². The first-order valence-electron chi connectivity index (χ1n) is 5.59. The fraction of sp³-hybridized carbons (Fsp3) is 0.231. The van der Waals surface area contributed by atoms with Gasteiger partial charge in [0, 0.05) is 17.0 Å². The minimum Gasteiger partial charge on any atom is -0.233 e. The minimum absolute atomic E-state index is 0.373. The Morgan fingerprint density at radius 3 is 2.72 bits per heavy atom. The Labute approximate surface area is 118 Å². The first-order valence-corrected chi connectivity index (χ1v) is 6.76. The molecule has 0 N–H and O–H groups in total.